The number of rotatable bonds is 6. The van der Waals surface area contributed by atoms with Crippen molar-refractivity contribution < 1.29 is 13.9 Å². The Morgan fingerprint density at radius 1 is 1.36 bits per heavy atom. The van der Waals surface area contributed by atoms with Gasteiger partial charge in [0.2, 0.25) is 5.88 Å². The van der Waals surface area contributed by atoms with Crippen LogP contribution in [0.1, 0.15) is 33.9 Å². The van der Waals surface area contributed by atoms with Crippen molar-refractivity contribution in [3.8, 4) is 5.88 Å². The van der Waals surface area contributed by atoms with Crippen LogP contribution in [0, 0.1) is 5.82 Å². The topological polar surface area (TPSA) is 54.5 Å². The van der Waals surface area contributed by atoms with Crippen molar-refractivity contribution in [2.45, 2.75) is 18.9 Å². The molecule has 132 valence electrons. The number of hydrogen-bond donors (Lipinski definition) is 1. The maximum Gasteiger partial charge on any atom is 0.253 e. The number of pyridine rings is 1. The number of hydrogen-bond acceptors (Lipinski definition) is 4. The molecule has 0 bridgehead atoms. The van der Waals surface area contributed by atoms with Gasteiger partial charge in [-0.05, 0) is 56.3 Å². The summed E-state index contributed by atoms with van der Waals surface area (Å²) >= 11 is 0. The van der Waals surface area contributed by atoms with E-state index in [1.807, 2.05) is 19.0 Å². The predicted octanol–water partition coefficient (Wildman–Crippen LogP) is 2.58. The normalized spacial score (nSPS) is 15.9. The lowest BCUT2D eigenvalue weighted by Gasteiger charge is -2.14. The molecule has 5 nitrogen and oxygen atoms in total. The maximum atomic E-state index is 13.3. The molecule has 25 heavy (non-hydrogen) atoms. The van der Waals surface area contributed by atoms with E-state index in [1.54, 1.807) is 24.3 Å². The number of carbonyl (C=O) groups excluding carboxylic acids is 1. The zero-order valence-corrected chi connectivity index (χ0v) is 14.5. The minimum Gasteiger partial charge on any atom is -0.476 e. The van der Waals surface area contributed by atoms with Crippen LogP contribution in [0.5, 0.6) is 5.88 Å². The van der Waals surface area contributed by atoms with Crippen molar-refractivity contribution in [1.29, 1.82) is 0 Å². The third-order valence-electron chi connectivity index (χ3n) is 4.28. The molecule has 1 aliphatic rings. The minimum absolute atomic E-state index is 0.0842. The Bertz CT molecular complexity index is 747. The van der Waals surface area contributed by atoms with E-state index in [2.05, 4.69) is 10.3 Å². The van der Waals surface area contributed by atoms with Crippen LogP contribution in [-0.2, 0) is 6.42 Å². The molecule has 1 heterocycles. The smallest absolute Gasteiger partial charge is 0.253 e. The highest BCUT2D eigenvalue weighted by Gasteiger charge is 2.24. The summed E-state index contributed by atoms with van der Waals surface area (Å²) in [5, 5.41) is 3.00. The highest BCUT2D eigenvalue weighted by atomic mass is 19.1. The van der Waals surface area contributed by atoms with Gasteiger partial charge in [-0.25, -0.2) is 9.37 Å². The lowest BCUT2D eigenvalue weighted by molar-refractivity contribution is 0.0936. The second-order valence-electron chi connectivity index (χ2n) is 6.44. The molecule has 1 amide bonds. The summed E-state index contributed by atoms with van der Waals surface area (Å²) in [7, 11) is 3.94. The monoisotopic (exact) mass is 343 g/mol. The van der Waals surface area contributed by atoms with E-state index in [4.69, 9.17) is 4.74 Å². The highest BCUT2D eigenvalue weighted by molar-refractivity contribution is 5.94. The van der Waals surface area contributed by atoms with Crippen molar-refractivity contribution >= 4 is 5.91 Å². The third-order valence-corrected chi connectivity index (χ3v) is 4.28. The van der Waals surface area contributed by atoms with Gasteiger partial charge < -0.3 is 15.0 Å². The molecular weight excluding hydrogens is 321 g/mol. The Balaban J connectivity index is 1.59. The van der Waals surface area contributed by atoms with Crippen molar-refractivity contribution in [3.05, 3.63) is 59.0 Å². The maximum absolute atomic E-state index is 13.3. The molecule has 2 aromatic rings. The van der Waals surface area contributed by atoms with Gasteiger partial charge in [-0.15, -0.1) is 0 Å². The average molecular weight is 343 g/mol. The molecule has 1 atom stereocenters. The fraction of sp³-hybridized carbons (Fsp3) is 0.368. The number of benzene rings is 1. The van der Waals surface area contributed by atoms with E-state index in [0.29, 0.717) is 18.1 Å². The van der Waals surface area contributed by atoms with Crippen molar-refractivity contribution in [3.63, 3.8) is 0 Å². The molecule has 0 fully saturated rings. The Morgan fingerprint density at radius 2 is 2.20 bits per heavy atom. The van der Waals surface area contributed by atoms with Crippen LogP contribution in [0.3, 0.4) is 0 Å². The van der Waals surface area contributed by atoms with E-state index in [9.17, 15) is 9.18 Å². The van der Waals surface area contributed by atoms with Crippen LogP contribution in [0.15, 0.2) is 36.5 Å². The van der Waals surface area contributed by atoms with E-state index in [-0.39, 0.29) is 17.8 Å². The van der Waals surface area contributed by atoms with E-state index in [0.717, 1.165) is 30.5 Å². The molecule has 1 aliphatic carbocycles. The van der Waals surface area contributed by atoms with Gasteiger partial charge in [-0.1, -0.05) is 6.07 Å². The molecule has 0 unspecified atom stereocenters. The van der Waals surface area contributed by atoms with Gasteiger partial charge in [0, 0.05) is 18.8 Å². The van der Waals surface area contributed by atoms with Crippen LogP contribution in [0.2, 0.25) is 0 Å². The number of halogens is 1. The molecular formula is C19H22FN3O2. The number of fused-ring (bicyclic) bond motifs is 1. The second-order valence-corrected chi connectivity index (χ2v) is 6.44. The Hall–Kier alpha value is -2.47. The lowest BCUT2D eigenvalue weighted by Crippen LogP contribution is -2.27. The largest absolute Gasteiger partial charge is 0.476 e. The summed E-state index contributed by atoms with van der Waals surface area (Å²) in [5.74, 6) is 0.0781. The first-order valence-electron chi connectivity index (χ1n) is 8.35. The Kier molecular flexibility index (Phi) is 5.28. The summed E-state index contributed by atoms with van der Waals surface area (Å²) in [6, 6.07) is 8.05. The quantitative estimate of drug-likeness (QED) is 0.876. The number of aromatic nitrogens is 1. The first-order chi connectivity index (χ1) is 12.0. The molecule has 0 saturated heterocycles. The molecule has 3 rings (SSSR count). The summed E-state index contributed by atoms with van der Waals surface area (Å²) in [6.45, 7) is 1.34. The van der Waals surface area contributed by atoms with Gasteiger partial charge in [0.05, 0.1) is 11.6 Å². The van der Waals surface area contributed by atoms with Crippen LogP contribution >= 0.6 is 0 Å². The SMILES string of the molecule is CN(C)CCOc1ccc(C(=O)N[C@H]2CCc3cc(F)ccc32)cn1. The number of carbonyl (C=O) groups is 1. The number of aryl methyl sites for hydroxylation is 1. The molecule has 1 aromatic carbocycles. The third kappa shape index (κ3) is 4.33. The first kappa shape index (κ1) is 17.4. The van der Waals surface area contributed by atoms with Crippen molar-refractivity contribution in [1.82, 2.24) is 15.2 Å². The lowest BCUT2D eigenvalue weighted by atomic mass is 10.1. The molecule has 0 radical (unpaired) electrons. The summed E-state index contributed by atoms with van der Waals surface area (Å²) in [4.78, 5) is 18.6. The van der Waals surface area contributed by atoms with Gasteiger partial charge in [-0.3, -0.25) is 4.79 Å². The van der Waals surface area contributed by atoms with Crippen LogP contribution in [0.25, 0.3) is 0 Å². The molecule has 0 aliphatic heterocycles. The molecule has 1 N–H and O–H groups in total. The summed E-state index contributed by atoms with van der Waals surface area (Å²) < 4.78 is 18.8. The molecule has 1 aromatic heterocycles. The fourth-order valence-corrected chi connectivity index (χ4v) is 2.91. The van der Waals surface area contributed by atoms with Crippen LogP contribution < -0.4 is 10.1 Å². The highest BCUT2D eigenvalue weighted by Crippen LogP contribution is 2.31. The van der Waals surface area contributed by atoms with Gasteiger partial charge in [-0.2, -0.15) is 0 Å². The van der Waals surface area contributed by atoms with Gasteiger partial charge in [0.25, 0.3) is 5.91 Å². The average Bonchev–Trinajstić information content (AvgIpc) is 2.97. The zero-order valence-electron chi connectivity index (χ0n) is 14.5. The van der Waals surface area contributed by atoms with Gasteiger partial charge in [0.1, 0.15) is 12.4 Å². The number of likely N-dealkylation sites (N-methyl/N-ethyl adjacent to an activating group) is 1. The number of amides is 1. The second kappa shape index (κ2) is 7.61. The van der Waals surface area contributed by atoms with Crippen LogP contribution in [0.4, 0.5) is 4.39 Å². The standard InChI is InChI=1S/C19H22FN3O2/c1-23(2)9-10-25-18-8-4-14(12-21-18)19(24)22-17-7-3-13-11-15(20)5-6-16(13)17/h4-6,8,11-12,17H,3,7,9-10H2,1-2H3,(H,22,24)/t17-/m0/s1. The van der Waals surface area contributed by atoms with E-state index in [1.165, 1.54) is 12.3 Å². The Morgan fingerprint density at radius 3 is 2.92 bits per heavy atom. The van der Waals surface area contributed by atoms with Crippen molar-refractivity contribution in [2.75, 3.05) is 27.2 Å². The number of nitrogens with zero attached hydrogens (tertiary/aromatic N) is 2. The summed E-state index contributed by atoms with van der Waals surface area (Å²) in [5.41, 5.74) is 2.44. The van der Waals surface area contributed by atoms with Gasteiger partial charge >= 0.3 is 0 Å². The molecule has 0 spiro atoms. The zero-order chi connectivity index (χ0) is 17.8. The van der Waals surface area contributed by atoms with Crippen LogP contribution in [-0.4, -0.2) is 43.0 Å². The first-order valence-corrected chi connectivity index (χ1v) is 8.35. The number of ether oxygens (including phenoxy) is 1. The minimum atomic E-state index is -0.236. The van der Waals surface area contributed by atoms with Crippen molar-refractivity contribution in [2.24, 2.45) is 0 Å². The fourth-order valence-electron chi connectivity index (χ4n) is 2.91. The van der Waals surface area contributed by atoms with E-state index < -0.39 is 0 Å². The van der Waals surface area contributed by atoms with Gasteiger partial charge in [0.15, 0.2) is 0 Å². The molecule has 6 heteroatoms. The number of nitrogens with one attached hydrogen (secondary N) is 1. The Labute approximate surface area is 146 Å². The van der Waals surface area contributed by atoms with E-state index >= 15 is 0 Å². The predicted molar refractivity (Wildman–Crippen MR) is 93.2 cm³/mol. The molecule has 0 saturated carbocycles. The summed E-state index contributed by atoms with van der Waals surface area (Å²) in [6.07, 6.45) is 3.07.